The second kappa shape index (κ2) is 5.05. The summed E-state index contributed by atoms with van der Waals surface area (Å²) in [6.45, 7) is 11.1. The third kappa shape index (κ3) is 2.09. The molecule has 0 radical (unpaired) electrons. The molecule has 100 valence electrons. The van der Waals surface area contributed by atoms with E-state index in [0.717, 1.165) is 19.6 Å². The Bertz CT molecular complexity index is 404. The van der Waals surface area contributed by atoms with Gasteiger partial charge in [-0.25, -0.2) is 0 Å². The lowest BCUT2D eigenvalue weighted by molar-refractivity contribution is -0.0529. The van der Waals surface area contributed by atoms with Gasteiger partial charge in [-0.3, -0.25) is 0 Å². The molecule has 1 heterocycles. The molecule has 0 aliphatic carbocycles. The van der Waals surface area contributed by atoms with E-state index in [1.165, 1.54) is 24.0 Å². The zero-order valence-corrected chi connectivity index (χ0v) is 12.3. The normalized spacial score (nSPS) is 27.1. The lowest BCUT2D eigenvalue weighted by atomic mass is 9.57. The van der Waals surface area contributed by atoms with Crippen LogP contribution < -0.4 is 0 Å². The fourth-order valence-corrected chi connectivity index (χ4v) is 3.53. The summed E-state index contributed by atoms with van der Waals surface area (Å²) >= 11 is 0. The zero-order valence-electron chi connectivity index (χ0n) is 12.3. The Morgan fingerprint density at radius 3 is 2.56 bits per heavy atom. The van der Waals surface area contributed by atoms with Gasteiger partial charge in [-0.05, 0) is 36.3 Å². The highest BCUT2D eigenvalue weighted by molar-refractivity contribution is 5.36. The predicted molar refractivity (Wildman–Crippen MR) is 77.0 cm³/mol. The monoisotopic (exact) mass is 246 g/mol. The molecular formula is C17H26O. The van der Waals surface area contributed by atoms with Gasteiger partial charge < -0.3 is 4.74 Å². The van der Waals surface area contributed by atoms with Crippen LogP contribution in [-0.2, 0) is 10.2 Å². The van der Waals surface area contributed by atoms with Gasteiger partial charge in [-0.1, -0.05) is 51.5 Å². The van der Waals surface area contributed by atoms with Crippen LogP contribution in [0.25, 0.3) is 0 Å². The van der Waals surface area contributed by atoms with Crippen LogP contribution in [0.4, 0.5) is 0 Å². The van der Waals surface area contributed by atoms with Gasteiger partial charge in [-0.15, -0.1) is 0 Å². The third-order valence-corrected chi connectivity index (χ3v) is 4.85. The molecule has 0 saturated carbocycles. The van der Waals surface area contributed by atoms with E-state index in [0.29, 0.717) is 5.41 Å². The molecule has 1 aliphatic heterocycles. The Morgan fingerprint density at radius 1 is 1.22 bits per heavy atom. The molecule has 0 bridgehead atoms. The molecule has 1 aromatic carbocycles. The minimum absolute atomic E-state index is 0.186. The van der Waals surface area contributed by atoms with Gasteiger partial charge in [-0.2, -0.15) is 0 Å². The molecule has 1 aliphatic rings. The van der Waals surface area contributed by atoms with Crippen molar-refractivity contribution in [2.24, 2.45) is 5.41 Å². The maximum absolute atomic E-state index is 5.88. The fourth-order valence-electron chi connectivity index (χ4n) is 3.53. The zero-order chi connectivity index (χ0) is 13.2. The number of benzene rings is 1. The van der Waals surface area contributed by atoms with Crippen LogP contribution in [-0.4, -0.2) is 13.2 Å². The molecule has 1 atom stereocenters. The highest BCUT2D eigenvalue weighted by atomic mass is 16.5. The minimum atomic E-state index is 0.186. The van der Waals surface area contributed by atoms with Gasteiger partial charge in [0.25, 0.3) is 0 Å². The number of rotatable bonds is 3. The van der Waals surface area contributed by atoms with Gasteiger partial charge in [0, 0.05) is 12.0 Å². The summed E-state index contributed by atoms with van der Waals surface area (Å²) in [4.78, 5) is 0. The van der Waals surface area contributed by atoms with Gasteiger partial charge in [0.15, 0.2) is 0 Å². The second-order valence-corrected chi connectivity index (χ2v) is 6.33. The van der Waals surface area contributed by atoms with E-state index in [2.05, 4.69) is 52.0 Å². The molecule has 1 unspecified atom stereocenters. The Morgan fingerprint density at radius 2 is 1.94 bits per heavy atom. The van der Waals surface area contributed by atoms with Crippen molar-refractivity contribution in [1.29, 1.82) is 0 Å². The molecule has 0 spiro atoms. The van der Waals surface area contributed by atoms with Crippen molar-refractivity contribution in [2.45, 2.75) is 52.4 Å². The molecule has 0 aromatic heterocycles. The van der Waals surface area contributed by atoms with Gasteiger partial charge in [0.2, 0.25) is 0 Å². The van der Waals surface area contributed by atoms with Crippen LogP contribution in [0.15, 0.2) is 24.3 Å². The van der Waals surface area contributed by atoms with Crippen LogP contribution in [0.1, 0.15) is 51.2 Å². The summed E-state index contributed by atoms with van der Waals surface area (Å²) in [5.74, 6) is 0. The van der Waals surface area contributed by atoms with Crippen molar-refractivity contribution in [3.63, 3.8) is 0 Å². The van der Waals surface area contributed by atoms with Crippen molar-refractivity contribution in [2.75, 3.05) is 13.2 Å². The predicted octanol–water partition coefficient (Wildman–Crippen LogP) is 4.48. The maximum Gasteiger partial charge on any atom is 0.0568 e. The highest BCUT2D eigenvalue weighted by Crippen LogP contribution is 2.50. The van der Waals surface area contributed by atoms with Crippen molar-refractivity contribution in [1.82, 2.24) is 0 Å². The number of ether oxygens (including phenoxy) is 1. The van der Waals surface area contributed by atoms with Gasteiger partial charge in [0.1, 0.15) is 0 Å². The molecule has 1 aromatic rings. The SMILES string of the molecule is CCCC1(c2ccccc2C)COCCC1(C)C. The fraction of sp³-hybridized carbons (Fsp3) is 0.647. The van der Waals surface area contributed by atoms with Crippen molar-refractivity contribution < 1.29 is 4.74 Å². The van der Waals surface area contributed by atoms with E-state index in [9.17, 15) is 0 Å². The van der Waals surface area contributed by atoms with Crippen LogP contribution in [0.5, 0.6) is 0 Å². The van der Waals surface area contributed by atoms with Crippen LogP contribution in [0.3, 0.4) is 0 Å². The molecule has 0 N–H and O–H groups in total. The van der Waals surface area contributed by atoms with E-state index >= 15 is 0 Å². The van der Waals surface area contributed by atoms with Crippen molar-refractivity contribution in [3.05, 3.63) is 35.4 Å². The molecule has 18 heavy (non-hydrogen) atoms. The Kier molecular flexibility index (Phi) is 3.82. The Labute approximate surface area is 112 Å². The lowest BCUT2D eigenvalue weighted by Crippen LogP contribution is -2.50. The molecule has 0 amide bonds. The topological polar surface area (TPSA) is 9.23 Å². The van der Waals surface area contributed by atoms with Crippen LogP contribution >= 0.6 is 0 Å². The lowest BCUT2D eigenvalue weighted by Gasteiger charge is -2.51. The van der Waals surface area contributed by atoms with E-state index in [4.69, 9.17) is 4.74 Å². The van der Waals surface area contributed by atoms with E-state index in [1.54, 1.807) is 0 Å². The smallest absolute Gasteiger partial charge is 0.0568 e. The van der Waals surface area contributed by atoms with Crippen molar-refractivity contribution in [3.8, 4) is 0 Å². The third-order valence-electron chi connectivity index (χ3n) is 4.85. The first kappa shape index (κ1) is 13.6. The average Bonchev–Trinajstić information content (AvgIpc) is 2.33. The van der Waals surface area contributed by atoms with E-state index < -0.39 is 0 Å². The van der Waals surface area contributed by atoms with Crippen LogP contribution in [0, 0.1) is 12.3 Å². The summed E-state index contributed by atoms with van der Waals surface area (Å²) in [7, 11) is 0. The summed E-state index contributed by atoms with van der Waals surface area (Å²) in [5.41, 5.74) is 3.40. The van der Waals surface area contributed by atoms with E-state index in [1.807, 2.05) is 0 Å². The quantitative estimate of drug-likeness (QED) is 0.764. The minimum Gasteiger partial charge on any atom is -0.380 e. The summed E-state index contributed by atoms with van der Waals surface area (Å²) in [5, 5.41) is 0. The van der Waals surface area contributed by atoms with E-state index in [-0.39, 0.29) is 5.41 Å². The first-order chi connectivity index (χ1) is 8.53. The van der Waals surface area contributed by atoms with Crippen LogP contribution in [0.2, 0.25) is 0 Å². The Balaban J connectivity index is 2.52. The maximum atomic E-state index is 5.88. The summed E-state index contributed by atoms with van der Waals surface area (Å²) in [6.07, 6.45) is 3.58. The molecule has 1 saturated heterocycles. The summed E-state index contributed by atoms with van der Waals surface area (Å²) in [6, 6.07) is 8.85. The standard InChI is InChI=1S/C17H26O/c1-5-10-17(13-18-12-11-16(17,3)4)15-9-7-6-8-14(15)2/h6-9H,5,10-13H2,1-4H3. The molecular weight excluding hydrogens is 220 g/mol. The molecule has 1 fully saturated rings. The molecule has 2 rings (SSSR count). The Hall–Kier alpha value is -0.820. The first-order valence-corrected chi connectivity index (χ1v) is 7.17. The second-order valence-electron chi connectivity index (χ2n) is 6.33. The van der Waals surface area contributed by atoms with Crippen molar-refractivity contribution >= 4 is 0 Å². The first-order valence-electron chi connectivity index (χ1n) is 7.17. The van der Waals surface area contributed by atoms with Gasteiger partial charge >= 0.3 is 0 Å². The molecule has 1 nitrogen and oxygen atoms in total. The number of hydrogen-bond acceptors (Lipinski definition) is 1. The summed E-state index contributed by atoms with van der Waals surface area (Å²) < 4.78 is 5.88. The van der Waals surface area contributed by atoms with Gasteiger partial charge in [0.05, 0.1) is 6.61 Å². The average molecular weight is 246 g/mol. The molecule has 1 heteroatoms. The number of aryl methyl sites for hydroxylation is 1. The number of hydrogen-bond donors (Lipinski definition) is 0. The largest absolute Gasteiger partial charge is 0.380 e. The highest BCUT2D eigenvalue weighted by Gasteiger charge is 2.48.